The van der Waals surface area contributed by atoms with Gasteiger partial charge in [0.2, 0.25) is 10.0 Å². The summed E-state index contributed by atoms with van der Waals surface area (Å²) < 4.78 is 26.0. The first-order valence-electron chi connectivity index (χ1n) is 7.35. The maximum absolute atomic E-state index is 12.3. The van der Waals surface area contributed by atoms with Gasteiger partial charge in [-0.1, -0.05) is 13.8 Å². The minimum atomic E-state index is -3.56. The molecule has 0 aliphatic heterocycles. The molecule has 23 heavy (non-hydrogen) atoms. The average Bonchev–Trinajstić information content (AvgIpc) is 2.47. The van der Waals surface area contributed by atoms with Gasteiger partial charge in [-0.15, -0.1) is 0 Å². The van der Waals surface area contributed by atoms with E-state index in [9.17, 15) is 18.0 Å². The number of carbonyl (C=O) groups is 2. The van der Waals surface area contributed by atoms with Gasteiger partial charge >= 0.3 is 5.97 Å². The van der Waals surface area contributed by atoms with Crippen molar-refractivity contribution in [1.29, 1.82) is 0 Å². The van der Waals surface area contributed by atoms with Crippen molar-refractivity contribution in [2.24, 2.45) is 0 Å². The minimum Gasteiger partial charge on any atom is -0.481 e. The number of carboxylic acids is 1. The zero-order chi connectivity index (χ0) is 17.6. The van der Waals surface area contributed by atoms with Crippen molar-refractivity contribution in [3.05, 3.63) is 29.8 Å². The van der Waals surface area contributed by atoms with E-state index in [0.717, 1.165) is 0 Å². The Bertz CT molecular complexity index is 651. The molecule has 7 nitrogen and oxygen atoms in total. The number of nitrogens with one attached hydrogen (secondary N) is 1. The Labute approximate surface area is 136 Å². The maximum atomic E-state index is 12.3. The van der Waals surface area contributed by atoms with Crippen LogP contribution in [0.2, 0.25) is 0 Å². The van der Waals surface area contributed by atoms with Gasteiger partial charge in [-0.3, -0.25) is 9.59 Å². The lowest BCUT2D eigenvalue weighted by molar-refractivity contribution is -0.137. The Balaban J connectivity index is 2.88. The second-order valence-corrected chi connectivity index (χ2v) is 7.02. The maximum Gasteiger partial charge on any atom is 0.305 e. The molecule has 0 aromatic heterocycles. The second kappa shape index (κ2) is 8.07. The van der Waals surface area contributed by atoms with Crippen molar-refractivity contribution in [3.63, 3.8) is 0 Å². The summed E-state index contributed by atoms with van der Waals surface area (Å²) in [7, 11) is -3.56. The summed E-state index contributed by atoms with van der Waals surface area (Å²) >= 11 is 0. The Morgan fingerprint density at radius 2 is 1.70 bits per heavy atom. The fourth-order valence-electron chi connectivity index (χ4n) is 2.11. The monoisotopic (exact) mass is 342 g/mol. The number of amides is 1. The molecule has 1 unspecified atom stereocenters. The van der Waals surface area contributed by atoms with Gasteiger partial charge in [0.1, 0.15) is 0 Å². The van der Waals surface area contributed by atoms with Crippen LogP contribution in [0, 0.1) is 0 Å². The van der Waals surface area contributed by atoms with Gasteiger partial charge in [0.25, 0.3) is 5.91 Å². The van der Waals surface area contributed by atoms with Crippen molar-refractivity contribution in [1.82, 2.24) is 9.62 Å². The van der Waals surface area contributed by atoms with Crippen LogP contribution >= 0.6 is 0 Å². The van der Waals surface area contributed by atoms with Gasteiger partial charge in [-0.25, -0.2) is 8.42 Å². The zero-order valence-corrected chi connectivity index (χ0v) is 14.3. The topological polar surface area (TPSA) is 104 Å². The first kappa shape index (κ1) is 19.1. The Morgan fingerprint density at radius 1 is 1.17 bits per heavy atom. The molecule has 0 fully saturated rings. The van der Waals surface area contributed by atoms with E-state index in [1.807, 2.05) is 0 Å². The average molecular weight is 342 g/mol. The fourth-order valence-corrected chi connectivity index (χ4v) is 3.57. The van der Waals surface area contributed by atoms with Gasteiger partial charge in [-0.2, -0.15) is 4.31 Å². The standard InChI is InChI=1S/C15H22N2O5S/c1-4-17(5-2)23(21,22)13-8-6-12(7-9-13)15(20)16-11(3)10-14(18)19/h6-9,11H,4-5,10H2,1-3H3,(H,16,20)(H,18,19). The van der Waals surface area contributed by atoms with Gasteiger partial charge in [0.15, 0.2) is 0 Å². The molecule has 0 saturated carbocycles. The first-order valence-corrected chi connectivity index (χ1v) is 8.79. The second-order valence-electron chi connectivity index (χ2n) is 5.09. The van der Waals surface area contributed by atoms with Gasteiger partial charge in [-0.05, 0) is 31.2 Å². The Kier molecular flexibility index (Phi) is 6.71. The zero-order valence-electron chi connectivity index (χ0n) is 13.4. The molecule has 0 heterocycles. The third-order valence-corrected chi connectivity index (χ3v) is 5.38. The van der Waals surface area contributed by atoms with Gasteiger partial charge in [0, 0.05) is 24.7 Å². The van der Waals surface area contributed by atoms with Crippen LogP contribution < -0.4 is 5.32 Å². The van der Waals surface area contributed by atoms with E-state index >= 15 is 0 Å². The third-order valence-electron chi connectivity index (χ3n) is 3.32. The number of hydrogen-bond donors (Lipinski definition) is 2. The molecular weight excluding hydrogens is 320 g/mol. The smallest absolute Gasteiger partial charge is 0.305 e. The van der Waals surface area contributed by atoms with Crippen LogP contribution in [0.15, 0.2) is 29.2 Å². The number of benzene rings is 1. The normalized spacial score (nSPS) is 12.9. The SMILES string of the molecule is CCN(CC)S(=O)(=O)c1ccc(C(=O)NC(C)CC(=O)O)cc1. The summed E-state index contributed by atoms with van der Waals surface area (Å²) in [5.41, 5.74) is 0.278. The van der Waals surface area contributed by atoms with Crippen molar-refractivity contribution < 1.29 is 23.1 Å². The van der Waals surface area contributed by atoms with Crippen LogP contribution in [-0.2, 0) is 14.8 Å². The van der Waals surface area contributed by atoms with Crippen molar-refractivity contribution in [2.45, 2.75) is 38.1 Å². The summed E-state index contributed by atoms with van der Waals surface area (Å²) in [5, 5.41) is 11.2. The highest BCUT2D eigenvalue weighted by atomic mass is 32.2. The molecule has 1 atom stereocenters. The highest BCUT2D eigenvalue weighted by Gasteiger charge is 2.22. The molecule has 1 aromatic carbocycles. The lowest BCUT2D eigenvalue weighted by Gasteiger charge is -2.18. The van der Waals surface area contributed by atoms with E-state index in [4.69, 9.17) is 5.11 Å². The molecule has 0 saturated heterocycles. The molecule has 8 heteroatoms. The molecule has 1 rings (SSSR count). The van der Waals surface area contributed by atoms with E-state index in [-0.39, 0.29) is 16.9 Å². The number of hydrogen-bond acceptors (Lipinski definition) is 4. The molecule has 1 amide bonds. The molecule has 0 radical (unpaired) electrons. The van der Waals surface area contributed by atoms with Crippen LogP contribution in [0.25, 0.3) is 0 Å². The number of rotatable bonds is 8. The number of carboxylic acid groups (broad SMARTS) is 1. The van der Waals surface area contributed by atoms with E-state index < -0.39 is 27.9 Å². The summed E-state index contributed by atoms with van der Waals surface area (Å²) in [5.74, 6) is -1.44. The Morgan fingerprint density at radius 3 is 2.13 bits per heavy atom. The van der Waals surface area contributed by atoms with Crippen molar-refractivity contribution >= 4 is 21.9 Å². The first-order chi connectivity index (χ1) is 10.7. The van der Waals surface area contributed by atoms with Gasteiger partial charge in [0.05, 0.1) is 11.3 Å². The molecule has 0 spiro atoms. The van der Waals surface area contributed by atoms with E-state index in [1.54, 1.807) is 20.8 Å². The predicted molar refractivity (Wildman–Crippen MR) is 85.7 cm³/mol. The van der Waals surface area contributed by atoms with Crippen molar-refractivity contribution in [3.8, 4) is 0 Å². The minimum absolute atomic E-state index is 0.122. The van der Waals surface area contributed by atoms with Gasteiger partial charge < -0.3 is 10.4 Å². The predicted octanol–water partition coefficient (Wildman–Crippen LogP) is 1.31. The Hall–Kier alpha value is -1.93. The van der Waals surface area contributed by atoms with Crippen LogP contribution in [0.5, 0.6) is 0 Å². The molecule has 128 valence electrons. The number of aliphatic carboxylic acids is 1. The largest absolute Gasteiger partial charge is 0.481 e. The quantitative estimate of drug-likeness (QED) is 0.741. The fraction of sp³-hybridized carbons (Fsp3) is 0.467. The number of nitrogens with zero attached hydrogens (tertiary/aromatic N) is 1. The van der Waals surface area contributed by atoms with Crippen molar-refractivity contribution in [2.75, 3.05) is 13.1 Å². The van der Waals surface area contributed by atoms with Crippen LogP contribution in [0.1, 0.15) is 37.6 Å². The number of carbonyl (C=O) groups excluding carboxylic acids is 1. The summed E-state index contributed by atoms with van der Waals surface area (Å²) in [6, 6.07) is 5.08. The lowest BCUT2D eigenvalue weighted by atomic mass is 10.2. The molecule has 0 aliphatic carbocycles. The number of sulfonamides is 1. The molecule has 0 aliphatic rings. The van der Waals surface area contributed by atoms with Crippen LogP contribution in [0.4, 0.5) is 0 Å². The molecular formula is C15H22N2O5S. The summed E-state index contributed by atoms with van der Waals surface area (Å²) in [6.07, 6.45) is -0.180. The lowest BCUT2D eigenvalue weighted by Crippen LogP contribution is -2.34. The van der Waals surface area contributed by atoms with Crippen LogP contribution in [-0.4, -0.2) is 48.8 Å². The highest BCUT2D eigenvalue weighted by Crippen LogP contribution is 2.16. The van der Waals surface area contributed by atoms with E-state index in [0.29, 0.717) is 13.1 Å². The third kappa shape index (κ3) is 5.04. The van der Waals surface area contributed by atoms with E-state index in [1.165, 1.54) is 28.6 Å². The molecule has 0 bridgehead atoms. The van der Waals surface area contributed by atoms with E-state index in [2.05, 4.69) is 5.32 Å². The summed E-state index contributed by atoms with van der Waals surface area (Å²) in [4.78, 5) is 22.7. The molecule has 1 aromatic rings. The highest BCUT2D eigenvalue weighted by molar-refractivity contribution is 7.89. The molecule has 2 N–H and O–H groups in total. The summed E-state index contributed by atoms with van der Waals surface area (Å²) in [6.45, 7) is 5.84. The van der Waals surface area contributed by atoms with Crippen LogP contribution in [0.3, 0.4) is 0 Å².